The minimum Gasteiger partial charge on any atom is -0.756 e. The highest BCUT2D eigenvalue weighted by molar-refractivity contribution is 7.45. The van der Waals surface area contributed by atoms with Crippen molar-refractivity contribution in [1.29, 1.82) is 0 Å². The number of hydrogen-bond acceptors (Lipinski definition) is 8. The van der Waals surface area contributed by atoms with E-state index < -0.39 is 26.5 Å². The molecule has 0 aromatic rings. The Morgan fingerprint density at radius 1 is 0.614 bits per heavy atom. The number of carbonyl (C=O) groups is 2. The van der Waals surface area contributed by atoms with Crippen LogP contribution < -0.4 is 4.89 Å². The topological polar surface area (TPSA) is 111 Å². The van der Waals surface area contributed by atoms with Crippen molar-refractivity contribution in [3.05, 3.63) is 0 Å². The molecule has 262 valence electrons. The van der Waals surface area contributed by atoms with Crippen molar-refractivity contribution in [3.8, 4) is 0 Å². The molecular weight excluding hydrogens is 581 g/mol. The van der Waals surface area contributed by atoms with Gasteiger partial charge in [-0.25, -0.2) is 0 Å². The van der Waals surface area contributed by atoms with Crippen molar-refractivity contribution in [2.45, 2.75) is 161 Å². The fourth-order valence-corrected chi connectivity index (χ4v) is 5.50. The average Bonchev–Trinajstić information content (AvgIpc) is 2.95. The molecular formula is C34H68NO8P. The molecule has 0 N–H and O–H groups in total. The van der Waals surface area contributed by atoms with Crippen LogP contribution in [0.5, 0.6) is 0 Å². The van der Waals surface area contributed by atoms with E-state index in [9.17, 15) is 19.0 Å². The maximum Gasteiger partial charge on any atom is 0.306 e. The first-order valence-corrected chi connectivity index (χ1v) is 19.2. The summed E-state index contributed by atoms with van der Waals surface area (Å²) >= 11 is 0. The predicted molar refractivity (Wildman–Crippen MR) is 176 cm³/mol. The first kappa shape index (κ1) is 43.0. The number of hydrogen-bond donors (Lipinski definition) is 0. The van der Waals surface area contributed by atoms with E-state index in [4.69, 9.17) is 18.5 Å². The average molecular weight is 650 g/mol. The summed E-state index contributed by atoms with van der Waals surface area (Å²) < 4.78 is 33.6. The van der Waals surface area contributed by atoms with Crippen LogP contribution in [0.1, 0.15) is 155 Å². The lowest BCUT2D eigenvalue weighted by Gasteiger charge is -2.28. The third kappa shape index (κ3) is 31.0. The third-order valence-corrected chi connectivity index (χ3v) is 8.59. The molecule has 2 atom stereocenters. The van der Waals surface area contributed by atoms with E-state index in [1.54, 1.807) is 0 Å². The summed E-state index contributed by atoms with van der Waals surface area (Å²) in [5.74, 6) is -0.833. The number of phosphoric ester groups is 1. The summed E-state index contributed by atoms with van der Waals surface area (Å²) in [5.41, 5.74) is 0. The lowest BCUT2D eigenvalue weighted by molar-refractivity contribution is -0.870. The molecule has 0 aromatic heterocycles. The standard InChI is InChI=1S/C34H68NO8P/c1-6-8-10-12-14-16-17-19-20-22-24-26-33(36)40-30-32(31-42-44(38,39)41-29-28-35(3,4)5)43-34(37)27-25-23-21-18-15-13-11-9-7-2/h32H,6-31H2,1-5H3/t32-/m1/s1. The van der Waals surface area contributed by atoms with Gasteiger partial charge in [-0.05, 0) is 12.8 Å². The van der Waals surface area contributed by atoms with Crippen LogP contribution in [-0.2, 0) is 32.7 Å². The molecule has 0 heterocycles. The number of quaternary nitrogens is 1. The summed E-state index contributed by atoms with van der Waals surface area (Å²) in [7, 11) is 1.17. The van der Waals surface area contributed by atoms with Crippen LogP contribution in [0.25, 0.3) is 0 Å². The summed E-state index contributed by atoms with van der Waals surface area (Å²) in [5, 5.41) is 0. The van der Waals surface area contributed by atoms with Crippen molar-refractivity contribution in [3.63, 3.8) is 0 Å². The van der Waals surface area contributed by atoms with Crippen LogP contribution in [0.4, 0.5) is 0 Å². The highest BCUT2D eigenvalue weighted by Crippen LogP contribution is 2.38. The molecule has 0 radical (unpaired) electrons. The largest absolute Gasteiger partial charge is 0.756 e. The van der Waals surface area contributed by atoms with Crippen molar-refractivity contribution in [2.75, 3.05) is 47.5 Å². The van der Waals surface area contributed by atoms with E-state index in [0.717, 1.165) is 38.5 Å². The van der Waals surface area contributed by atoms with E-state index in [-0.39, 0.29) is 32.0 Å². The highest BCUT2D eigenvalue weighted by Gasteiger charge is 2.21. The lowest BCUT2D eigenvalue weighted by atomic mass is 10.1. The quantitative estimate of drug-likeness (QED) is 0.0310. The lowest BCUT2D eigenvalue weighted by Crippen LogP contribution is -2.37. The second-order valence-electron chi connectivity index (χ2n) is 13.2. The Morgan fingerprint density at radius 3 is 1.45 bits per heavy atom. The van der Waals surface area contributed by atoms with Crippen LogP contribution in [0, 0.1) is 0 Å². The van der Waals surface area contributed by atoms with Gasteiger partial charge in [-0.2, -0.15) is 0 Å². The molecule has 0 saturated carbocycles. The molecule has 44 heavy (non-hydrogen) atoms. The first-order chi connectivity index (χ1) is 21.0. The molecule has 0 aromatic carbocycles. The van der Waals surface area contributed by atoms with Gasteiger partial charge < -0.3 is 27.9 Å². The Morgan fingerprint density at radius 2 is 1.02 bits per heavy atom. The van der Waals surface area contributed by atoms with Gasteiger partial charge in [0.25, 0.3) is 7.82 Å². The van der Waals surface area contributed by atoms with Gasteiger partial charge in [0.2, 0.25) is 0 Å². The van der Waals surface area contributed by atoms with Crippen molar-refractivity contribution in [2.24, 2.45) is 0 Å². The van der Waals surface area contributed by atoms with Crippen molar-refractivity contribution < 1.29 is 42.1 Å². The summed E-state index contributed by atoms with van der Waals surface area (Å²) in [6.07, 6.45) is 22.8. The van der Waals surface area contributed by atoms with Crippen LogP contribution >= 0.6 is 7.82 Å². The zero-order chi connectivity index (χ0) is 32.9. The van der Waals surface area contributed by atoms with Gasteiger partial charge in [0.15, 0.2) is 6.10 Å². The molecule has 0 spiro atoms. The normalized spacial score (nSPS) is 13.9. The zero-order valence-electron chi connectivity index (χ0n) is 29.1. The maximum absolute atomic E-state index is 12.5. The minimum absolute atomic E-state index is 0.0265. The van der Waals surface area contributed by atoms with E-state index in [2.05, 4.69) is 13.8 Å². The molecule has 1 unspecified atom stereocenters. The van der Waals surface area contributed by atoms with Gasteiger partial charge in [0, 0.05) is 12.8 Å². The molecule has 0 aliphatic carbocycles. The van der Waals surface area contributed by atoms with Gasteiger partial charge in [-0.15, -0.1) is 0 Å². The smallest absolute Gasteiger partial charge is 0.306 e. The number of ether oxygens (including phenoxy) is 2. The van der Waals surface area contributed by atoms with Gasteiger partial charge in [0.05, 0.1) is 27.7 Å². The van der Waals surface area contributed by atoms with Gasteiger partial charge in [-0.3, -0.25) is 14.2 Å². The van der Waals surface area contributed by atoms with Crippen molar-refractivity contribution >= 4 is 19.8 Å². The fraction of sp³-hybridized carbons (Fsp3) is 0.941. The maximum atomic E-state index is 12.5. The fourth-order valence-electron chi connectivity index (χ4n) is 4.77. The van der Waals surface area contributed by atoms with E-state index in [0.29, 0.717) is 17.4 Å². The van der Waals surface area contributed by atoms with E-state index in [1.165, 1.54) is 83.5 Å². The molecule has 0 saturated heterocycles. The highest BCUT2D eigenvalue weighted by atomic mass is 31.2. The van der Waals surface area contributed by atoms with Gasteiger partial charge >= 0.3 is 11.9 Å². The van der Waals surface area contributed by atoms with Crippen molar-refractivity contribution in [1.82, 2.24) is 0 Å². The molecule has 0 bridgehead atoms. The van der Waals surface area contributed by atoms with E-state index in [1.807, 2.05) is 21.1 Å². The number of likely N-dealkylation sites (N-methyl/N-ethyl adjacent to an activating group) is 1. The molecule has 9 nitrogen and oxygen atoms in total. The molecule has 0 amide bonds. The molecule has 0 aliphatic rings. The van der Waals surface area contributed by atoms with Gasteiger partial charge in [0.1, 0.15) is 19.8 Å². The first-order valence-electron chi connectivity index (χ1n) is 17.7. The molecule has 0 fully saturated rings. The third-order valence-electron chi connectivity index (χ3n) is 7.63. The molecule has 10 heteroatoms. The van der Waals surface area contributed by atoms with Crippen LogP contribution in [0.2, 0.25) is 0 Å². The zero-order valence-corrected chi connectivity index (χ0v) is 30.0. The van der Waals surface area contributed by atoms with Crippen LogP contribution in [-0.4, -0.2) is 70.0 Å². The Labute approximate surface area is 270 Å². The Balaban J connectivity index is 4.46. The van der Waals surface area contributed by atoms with Gasteiger partial charge in [-0.1, -0.05) is 129 Å². The second-order valence-corrected chi connectivity index (χ2v) is 14.7. The second kappa shape index (κ2) is 28.3. The predicted octanol–water partition coefficient (Wildman–Crippen LogP) is 8.27. The Bertz CT molecular complexity index is 743. The number of rotatable bonds is 32. The Kier molecular flexibility index (Phi) is 27.6. The minimum atomic E-state index is -4.60. The summed E-state index contributed by atoms with van der Waals surface area (Å²) in [6.45, 7) is 4.18. The SMILES string of the molecule is CCCCCCCCCCCCCC(=O)OC[C@H](COP(=O)([O-])OCC[N+](C)(C)C)OC(=O)CCCCCCCCCCC. The number of carbonyl (C=O) groups excluding carboxylic acids is 2. The monoisotopic (exact) mass is 649 g/mol. The Hall–Kier alpha value is -0.990. The summed E-state index contributed by atoms with van der Waals surface area (Å²) in [6, 6.07) is 0. The number of esters is 2. The number of phosphoric acid groups is 1. The van der Waals surface area contributed by atoms with E-state index >= 15 is 0 Å². The number of unbranched alkanes of at least 4 members (excludes halogenated alkanes) is 18. The van der Waals surface area contributed by atoms with Crippen LogP contribution in [0.15, 0.2) is 0 Å². The molecule has 0 rings (SSSR count). The number of nitrogens with zero attached hydrogens (tertiary/aromatic N) is 1. The molecule has 0 aliphatic heterocycles. The van der Waals surface area contributed by atoms with Crippen LogP contribution in [0.3, 0.4) is 0 Å². The summed E-state index contributed by atoms with van der Waals surface area (Å²) in [4.78, 5) is 37.1.